The zero-order valence-electron chi connectivity index (χ0n) is 19.0. The molecule has 9 nitrogen and oxygen atoms in total. The van der Waals surface area contributed by atoms with Gasteiger partial charge in [0.15, 0.2) is 11.5 Å². The molecule has 0 saturated carbocycles. The largest absolute Gasteiger partial charge is 0.493 e. The Morgan fingerprint density at radius 2 is 1.61 bits per heavy atom. The average molecular weight is 436 g/mol. The fourth-order valence-corrected chi connectivity index (χ4v) is 3.27. The summed E-state index contributed by atoms with van der Waals surface area (Å²) in [5.74, 6) is 0.891. The maximum absolute atomic E-state index is 12.9. The SMILES string of the molecule is COc1ccc(C(=O)N2CCCN(C(=O)CCNC(=O)OC(C)(C)C)CC2)cc1OC. The quantitative estimate of drug-likeness (QED) is 0.736. The predicted molar refractivity (Wildman–Crippen MR) is 116 cm³/mol. The van der Waals surface area contributed by atoms with Gasteiger partial charge < -0.3 is 29.3 Å². The summed E-state index contributed by atoms with van der Waals surface area (Å²) in [6.45, 7) is 7.58. The summed E-state index contributed by atoms with van der Waals surface area (Å²) in [4.78, 5) is 40.6. The topological polar surface area (TPSA) is 97.4 Å². The lowest BCUT2D eigenvalue weighted by atomic mass is 10.1. The van der Waals surface area contributed by atoms with Gasteiger partial charge in [0.05, 0.1) is 14.2 Å². The molecule has 1 N–H and O–H groups in total. The summed E-state index contributed by atoms with van der Waals surface area (Å²) in [5.41, 5.74) is -0.0676. The first kappa shape index (κ1) is 24.3. The van der Waals surface area contributed by atoms with Crippen LogP contribution in [0, 0.1) is 0 Å². The summed E-state index contributed by atoms with van der Waals surface area (Å²) in [6, 6.07) is 5.08. The molecule has 9 heteroatoms. The van der Waals surface area contributed by atoms with Gasteiger partial charge in [-0.15, -0.1) is 0 Å². The van der Waals surface area contributed by atoms with Gasteiger partial charge in [0.1, 0.15) is 5.60 Å². The number of carbonyl (C=O) groups excluding carboxylic acids is 3. The normalized spacial score (nSPS) is 14.5. The van der Waals surface area contributed by atoms with Crippen molar-refractivity contribution >= 4 is 17.9 Å². The second kappa shape index (κ2) is 10.9. The highest BCUT2D eigenvalue weighted by atomic mass is 16.6. The van der Waals surface area contributed by atoms with Gasteiger partial charge in [-0.2, -0.15) is 0 Å². The molecule has 1 fully saturated rings. The van der Waals surface area contributed by atoms with Crippen LogP contribution in [0.3, 0.4) is 0 Å². The molecule has 1 aliphatic rings. The lowest BCUT2D eigenvalue weighted by Crippen LogP contribution is -2.39. The number of methoxy groups -OCH3 is 2. The number of alkyl carbamates (subject to hydrolysis) is 1. The van der Waals surface area contributed by atoms with Gasteiger partial charge in [0.2, 0.25) is 5.91 Å². The van der Waals surface area contributed by atoms with E-state index in [1.54, 1.807) is 55.9 Å². The Hall–Kier alpha value is -2.97. The molecular weight excluding hydrogens is 402 g/mol. The third kappa shape index (κ3) is 7.34. The van der Waals surface area contributed by atoms with Crippen LogP contribution in [0.25, 0.3) is 0 Å². The van der Waals surface area contributed by atoms with Crippen LogP contribution in [0.4, 0.5) is 4.79 Å². The van der Waals surface area contributed by atoms with Gasteiger partial charge in [0.25, 0.3) is 5.91 Å². The van der Waals surface area contributed by atoms with Gasteiger partial charge >= 0.3 is 6.09 Å². The predicted octanol–water partition coefficient (Wildman–Crippen LogP) is 2.29. The van der Waals surface area contributed by atoms with Crippen molar-refractivity contribution in [2.75, 3.05) is 46.9 Å². The van der Waals surface area contributed by atoms with Crippen LogP contribution in [0.15, 0.2) is 18.2 Å². The minimum Gasteiger partial charge on any atom is -0.493 e. The van der Waals surface area contributed by atoms with Crippen molar-refractivity contribution in [2.24, 2.45) is 0 Å². The Bertz CT molecular complexity index is 790. The summed E-state index contributed by atoms with van der Waals surface area (Å²) in [6.07, 6.45) is 0.329. The van der Waals surface area contributed by atoms with Crippen LogP contribution < -0.4 is 14.8 Å². The number of ether oxygens (including phenoxy) is 3. The van der Waals surface area contributed by atoms with E-state index in [1.165, 1.54) is 7.11 Å². The van der Waals surface area contributed by atoms with E-state index in [2.05, 4.69) is 5.32 Å². The van der Waals surface area contributed by atoms with Gasteiger partial charge in [-0.1, -0.05) is 0 Å². The van der Waals surface area contributed by atoms with Gasteiger partial charge in [-0.3, -0.25) is 9.59 Å². The molecule has 31 heavy (non-hydrogen) atoms. The highest BCUT2D eigenvalue weighted by molar-refractivity contribution is 5.95. The fourth-order valence-electron chi connectivity index (χ4n) is 3.27. The van der Waals surface area contributed by atoms with Crippen molar-refractivity contribution in [3.8, 4) is 11.5 Å². The van der Waals surface area contributed by atoms with E-state index in [9.17, 15) is 14.4 Å². The second-order valence-electron chi connectivity index (χ2n) is 8.27. The molecule has 1 aromatic carbocycles. The lowest BCUT2D eigenvalue weighted by molar-refractivity contribution is -0.130. The minimum absolute atomic E-state index is 0.0588. The van der Waals surface area contributed by atoms with Crippen LogP contribution in [0.1, 0.15) is 44.0 Å². The molecule has 1 heterocycles. The molecule has 3 amide bonds. The van der Waals surface area contributed by atoms with Crippen LogP contribution in [0.2, 0.25) is 0 Å². The van der Waals surface area contributed by atoms with E-state index in [0.29, 0.717) is 49.7 Å². The third-order valence-electron chi connectivity index (χ3n) is 4.77. The number of amides is 3. The van der Waals surface area contributed by atoms with E-state index >= 15 is 0 Å². The van der Waals surface area contributed by atoms with E-state index < -0.39 is 11.7 Å². The number of hydrogen-bond acceptors (Lipinski definition) is 6. The highest BCUT2D eigenvalue weighted by Crippen LogP contribution is 2.28. The molecule has 0 spiro atoms. The Morgan fingerprint density at radius 3 is 2.26 bits per heavy atom. The van der Waals surface area contributed by atoms with Gasteiger partial charge in [0, 0.05) is 44.7 Å². The van der Waals surface area contributed by atoms with Crippen LogP contribution in [-0.4, -0.2) is 80.3 Å². The third-order valence-corrected chi connectivity index (χ3v) is 4.77. The number of nitrogens with one attached hydrogen (secondary N) is 1. The maximum Gasteiger partial charge on any atom is 0.407 e. The van der Waals surface area contributed by atoms with Crippen LogP contribution in [-0.2, 0) is 9.53 Å². The van der Waals surface area contributed by atoms with Crippen molar-refractivity contribution < 1.29 is 28.6 Å². The molecule has 1 saturated heterocycles. The van der Waals surface area contributed by atoms with E-state index in [0.717, 1.165) is 0 Å². The highest BCUT2D eigenvalue weighted by Gasteiger charge is 2.24. The number of rotatable bonds is 6. The summed E-state index contributed by atoms with van der Waals surface area (Å²) < 4.78 is 15.7. The molecule has 1 aliphatic heterocycles. The number of benzene rings is 1. The Balaban J connectivity index is 1.86. The maximum atomic E-state index is 12.9. The smallest absolute Gasteiger partial charge is 0.407 e. The molecule has 172 valence electrons. The van der Waals surface area contributed by atoms with Crippen molar-refractivity contribution in [3.05, 3.63) is 23.8 Å². The molecule has 2 rings (SSSR count). The Kier molecular flexibility index (Phi) is 8.53. The molecule has 0 aliphatic carbocycles. The fraction of sp³-hybridized carbons (Fsp3) is 0.591. The first-order chi connectivity index (χ1) is 14.6. The molecule has 0 aromatic heterocycles. The van der Waals surface area contributed by atoms with Crippen LogP contribution in [0.5, 0.6) is 11.5 Å². The lowest BCUT2D eigenvalue weighted by Gasteiger charge is -2.23. The van der Waals surface area contributed by atoms with Crippen molar-refractivity contribution in [1.82, 2.24) is 15.1 Å². The molecule has 0 atom stereocenters. The van der Waals surface area contributed by atoms with Crippen molar-refractivity contribution in [3.63, 3.8) is 0 Å². The van der Waals surface area contributed by atoms with Crippen molar-refractivity contribution in [2.45, 2.75) is 39.2 Å². The number of nitrogens with zero attached hydrogens (tertiary/aromatic N) is 2. The molecule has 1 aromatic rings. The van der Waals surface area contributed by atoms with Gasteiger partial charge in [-0.25, -0.2) is 4.79 Å². The first-order valence-electron chi connectivity index (χ1n) is 10.4. The van der Waals surface area contributed by atoms with E-state index in [-0.39, 0.29) is 24.8 Å². The average Bonchev–Trinajstić information content (AvgIpc) is 2.97. The molecular formula is C22H33N3O6. The van der Waals surface area contributed by atoms with E-state index in [1.807, 2.05) is 0 Å². The van der Waals surface area contributed by atoms with Crippen molar-refractivity contribution in [1.29, 1.82) is 0 Å². The monoisotopic (exact) mass is 435 g/mol. The van der Waals surface area contributed by atoms with Gasteiger partial charge in [-0.05, 0) is 45.4 Å². The van der Waals surface area contributed by atoms with Crippen LogP contribution >= 0.6 is 0 Å². The summed E-state index contributed by atoms with van der Waals surface area (Å²) >= 11 is 0. The molecule has 0 unspecified atom stereocenters. The molecule has 0 bridgehead atoms. The standard InChI is InChI=1S/C22H33N3O6/c1-22(2,3)31-21(28)23-10-9-19(26)24-11-6-12-25(14-13-24)20(27)16-7-8-17(29-4)18(15-16)30-5/h7-8,15H,6,9-14H2,1-5H3,(H,23,28). The zero-order chi connectivity index (χ0) is 23.0. The Labute approximate surface area is 183 Å². The Morgan fingerprint density at radius 1 is 0.968 bits per heavy atom. The zero-order valence-corrected chi connectivity index (χ0v) is 19.0. The second-order valence-corrected chi connectivity index (χ2v) is 8.27. The van der Waals surface area contributed by atoms with E-state index in [4.69, 9.17) is 14.2 Å². The summed E-state index contributed by atoms with van der Waals surface area (Å²) in [7, 11) is 3.07. The summed E-state index contributed by atoms with van der Waals surface area (Å²) in [5, 5.41) is 2.60. The minimum atomic E-state index is -0.581. The number of carbonyl (C=O) groups is 3. The number of hydrogen-bond donors (Lipinski definition) is 1. The first-order valence-corrected chi connectivity index (χ1v) is 10.4. The molecule has 0 radical (unpaired) electrons.